The Morgan fingerprint density at radius 3 is 2.35 bits per heavy atom. The Morgan fingerprint density at radius 1 is 1.00 bits per heavy atom. The van der Waals surface area contributed by atoms with Gasteiger partial charge in [-0.1, -0.05) is 18.2 Å². The third kappa shape index (κ3) is 2.69. The molecule has 1 aliphatic carbocycles. The van der Waals surface area contributed by atoms with Crippen molar-refractivity contribution in [1.82, 2.24) is 0 Å². The molecule has 1 N–H and O–H groups in total. The van der Waals surface area contributed by atoms with E-state index in [1.165, 1.54) is 6.92 Å². The molecule has 26 heavy (non-hydrogen) atoms. The van der Waals surface area contributed by atoms with E-state index >= 15 is 0 Å². The fourth-order valence-corrected chi connectivity index (χ4v) is 3.51. The molecule has 2 aliphatic rings. The fourth-order valence-electron chi connectivity index (χ4n) is 3.51. The van der Waals surface area contributed by atoms with Crippen molar-refractivity contribution < 1.29 is 14.4 Å². The maximum atomic E-state index is 13.1. The van der Waals surface area contributed by atoms with Crippen LogP contribution in [0.15, 0.2) is 48.5 Å². The van der Waals surface area contributed by atoms with Crippen molar-refractivity contribution in [2.45, 2.75) is 26.2 Å². The number of para-hydroxylation sites is 1. The van der Waals surface area contributed by atoms with E-state index in [2.05, 4.69) is 5.32 Å². The van der Waals surface area contributed by atoms with Gasteiger partial charge in [0.15, 0.2) is 5.78 Å². The largest absolute Gasteiger partial charge is 0.325 e. The van der Waals surface area contributed by atoms with E-state index in [0.717, 1.165) is 17.7 Å². The highest BCUT2D eigenvalue weighted by molar-refractivity contribution is 6.18. The van der Waals surface area contributed by atoms with Crippen LogP contribution >= 0.6 is 0 Å². The molecule has 0 bridgehead atoms. The van der Waals surface area contributed by atoms with E-state index in [9.17, 15) is 14.4 Å². The minimum Gasteiger partial charge on any atom is -0.325 e. The average molecular weight is 348 g/mol. The van der Waals surface area contributed by atoms with Crippen LogP contribution in [0.4, 0.5) is 11.4 Å². The van der Waals surface area contributed by atoms with Crippen molar-refractivity contribution in [3.8, 4) is 0 Å². The molecule has 2 aromatic carbocycles. The lowest BCUT2D eigenvalue weighted by molar-refractivity contribution is -0.132. The zero-order chi connectivity index (χ0) is 18.3. The fraction of sp³-hybridized carbons (Fsp3) is 0.286. The maximum Gasteiger partial charge on any atom is 0.242 e. The molecule has 1 heterocycles. The van der Waals surface area contributed by atoms with Crippen molar-refractivity contribution in [1.29, 1.82) is 0 Å². The summed E-state index contributed by atoms with van der Waals surface area (Å²) in [4.78, 5) is 39.0. The molecule has 1 fully saturated rings. The second kappa shape index (κ2) is 6.09. The molecule has 132 valence electrons. The Hall–Kier alpha value is -2.95. The molecule has 5 heteroatoms. The van der Waals surface area contributed by atoms with Gasteiger partial charge in [0, 0.05) is 23.5 Å². The normalized spacial score (nSPS) is 16.7. The van der Waals surface area contributed by atoms with E-state index < -0.39 is 5.41 Å². The highest BCUT2D eigenvalue weighted by atomic mass is 16.2. The van der Waals surface area contributed by atoms with Crippen LogP contribution in [-0.4, -0.2) is 24.1 Å². The maximum absolute atomic E-state index is 13.1. The molecule has 5 nitrogen and oxygen atoms in total. The predicted octanol–water partition coefficient (Wildman–Crippen LogP) is 3.20. The molecule has 0 spiro atoms. The lowest BCUT2D eigenvalue weighted by Crippen LogP contribution is -2.42. The van der Waals surface area contributed by atoms with E-state index in [4.69, 9.17) is 0 Å². The number of fused-ring (bicyclic) bond motifs is 1. The van der Waals surface area contributed by atoms with Crippen molar-refractivity contribution >= 4 is 29.0 Å². The molecular formula is C21H20N2O3. The Kier molecular flexibility index (Phi) is 3.87. The van der Waals surface area contributed by atoms with E-state index in [1.807, 2.05) is 24.3 Å². The Labute approximate surface area is 152 Å². The zero-order valence-electron chi connectivity index (χ0n) is 14.6. The summed E-state index contributed by atoms with van der Waals surface area (Å²) in [6.45, 7) is 2.12. The van der Waals surface area contributed by atoms with Crippen LogP contribution in [0.3, 0.4) is 0 Å². The molecule has 1 saturated carbocycles. The minimum atomic E-state index is -0.962. The molecular weight excluding hydrogens is 328 g/mol. The number of hydrogen-bond acceptors (Lipinski definition) is 3. The highest BCUT2D eigenvalue weighted by Crippen LogP contribution is 2.49. The average Bonchev–Trinajstić information content (AvgIpc) is 3.35. The van der Waals surface area contributed by atoms with Crippen LogP contribution in [0.25, 0.3) is 0 Å². The lowest BCUT2D eigenvalue weighted by Gasteiger charge is -2.23. The summed E-state index contributed by atoms with van der Waals surface area (Å²) in [5.74, 6) is -0.396. The quantitative estimate of drug-likeness (QED) is 0.682. The van der Waals surface area contributed by atoms with Gasteiger partial charge in [0.1, 0.15) is 5.41 Å². The number of carbonyl (C=O) groups excluding carboxylic acids is 3. The minimum absolute atomic E-state index is 0.0237. The lowest BCUT2D eigenvalue weighted by atomic mass is 10.0. The van der Waals surface area contributed by atoms with Crippen LogP contribution in [0.2, 0.25) is 0 Å². The number of rotatable bonds is 4. The topological polar surface area (TPSA) is 66.5 Å². The first kappa shape index (κ1) is 16.5. The van der Waals surface area contributed by atoms with Gasteiger partial charge in [-0.25, -0.2) is 0 Å². The number of hydrogen-bond donors (Lipinski definition) is 1. The van der Waals surface area contributed by atoms with Gasteiger partial charge < -0.3 is 10.2 Å². The second-order valence-electron chi connectivity index (χ2n) is 7.01. The monoisotopic (exact) mass is 348 g/mol. The highest BCUT2D eigenvalue weighted by Gasteiger charge is 2.58. The number of ketones is 1. The van der Waals surface area contributed by atoms with Crippen LogP contribution < -0.4 is 10.2 Å². The van der Waals surface area contributed by atoms with Crippen molar-refractivity contribution in [3.05, 3.63) is 59.7 Å². The third-order valence-electron chi connectivity index (χ3n) is 5.28. The van der Waals surface area contributed by atoms with E-state index in [0.29, 0.717) is 30.6 Å². The standard InChI is InChI=1S/C21H20N2O3/c1-14(24)15-6-8-17(9-7-15)22-19(25)21(11-12-21)20(26)23-13-10-16-4-2-3-5-18(16)23/h2-9H,10-13H2,1H3,(H,22,25). The number of anilines is 2. The molecule has 2 amide bonds. The van der Waals surface area contributed by atoms with Crippen LogP contribution in [0.5, 0.6) is 0 Å². The van der Waals surface area contributed by atoms with Gasteiger partial charge in [0.2, 0.25) is 11.8 Å². The summed E-state index contributed by atoms with van der Waals surface area (Å²) in [6, 6.07) is 14.6. The Balaban J connectivity index is 1.51. The number of nitrogens with zero attached hydrogens (tertiary/aromatic N) is 1. The third-order valence-corrected chi connectivity index (χ3v) is 5.28. The molecule has 0 aromatic heterocycles. The van der Waals surface area contributed by atoms with Gasteiger partial charge in [-0.15, -0.1) is 0 Å². The number of Topliss-reactive ketones (excluding diaryl/α,β-unsaturated/α-hetero) is 1. The Bertz CT molecular complexity index is 898. The first-order valence-corrected chi connectivity index (χ1v) is 8.84. The zero-order valence-corrected chi connectivity index (χ0v) is 14.6. The number of nitrogens with one attached hydrogen (secondary N) is 1. The number of benzene rings is 2. The predicted molar refractivity (Wildman–Crippen MR) is 99.2 cm³/mol. The van der Waals surface area contributed by atoms with Gasteiger partial charge in [-0.3, -0.25) is 14.4 Å². The second-order valence-corrected chi connectivity index (χ2v) is 7.01. The van der Waals surface area contributed by atoms with E-state index in [-0.39, 0.29) is 17.6 Å². The molecule has 4 rings (SSSR count). The van der Waals surface area contributed by atoms with E-state index in [1.54, 1.807) is 29.2 Å². The van der Waals surface area contributed by atoms with Crippen molar-refractivity contribution in [3.63, 3.8) is 0 Å². The van der Waals surface area contributed by atoms with Crippen molar-refractivity contribution in [2.75, 3.05) is 16.8 Å². The van der Waals surface area contributed by atoms with Crippen LogP contribution in [-0.2, 0) is 16.0 Å². The van der Waals surface area contributed by atoms with Crippen LogP contribution in [0, 0.1) is 5.41 Å². The number of carbonyl (C=O) groups is 3. The van der Waals surface area contributed by atoms with Crippen molar-refractivity contribution in [2.24, 2.45) is 5.41 Å². The summed E-state index contributed by atoms with van der Waals surface area (Å²) >= 11 is 0. The Morgan fingerprint density at radius 2 is 1.69 bits per heavy atom. The smallest absolute Gasteiger partial charge is 0.242 e. The molecule has 0 atom stereocenters. The van der Waals surface area contributed by atoms with Gasteiger partial charge in [-0.2, -0.15) is 0 Å². The summed E-state index contributed by atoms with van der Waals surface area (Å²) < 4.78 is 0. The molecule has 0 unspecified atom stereocenters. The first-order valence-electron chi connectivity index (χ1n) is 8.84. The summed E-state index contributed by atoms with van der Waals surface area (Å²) in [7, 11) is 0. The van der Waals surface area contributed by atoms with Gasteiger partial charge >= 0.3 is 0 Å². The summed E-state index contributed by atoms with van der Waals surface area (Å²) in [5, 5.41) is 2.84. The van der Waals surface area contributed by atoms with Crippen LogP contribution in [0.1, 0.15) is 35.7 Å². The SMILES string of the molecule is CC(=O)c1ccc(NC(=O)C2(C(=O)N3CCc4ccccc43)CC2)cc1. The molecule has 2 aromatic rings. The summed E-state index contributed by atoms with van der Waals surface area (Å²) in [6.07, 6.45) is 1.97. The molecule has 0 saturated heterocycles. The first-order chi connectivity index (χ1) is 12.5. The van der Waals surface area contributed by atoms with Gasteiger partial charge in [-0.05, 0) is 62.1 Å². The molecule has 0 radical (unpaired) electrons. The van der Waals surface area contributed by atoms with Gasteiger partial charge in [0.25, 0.3) is 0 Å². The molecule has 1 aliphatic heterocycles. The summed E-state index contributed by atoms with van der Waals surface area (Å²) in [5.41, 5.74) is 2.30. The number of amides is 2. The van der Waals surface area contributed by atoms with Gasteiger partial charge in [0.05, 0.1) is 0 Å².